The molecule has 4 rings (SSSR count). The highest BCUT2D eigenvalue weighted by molar-refractivity contribution is 9.10. The van der Waals surface area contributed by atoms with Crippen LogP contribution in [0.3, 0.4) is 0 Å². The molecule has 4 heterocycles. The maximum Gasteiger partial charge on any atom is 0.177 e. The average Bonchev–Trinajstić information content (AvgIpc) is 3.13. The van der Waals surface area contributed by atoms with Crippen molar-refractivity contribution >= 4 is 55.7 Å². The summed E-state index contributed by atoms with van der Waals surface area (Å²) in [5, 5.41) is 5.87. The first-order chi connectivity index (χ1) is 12.1. The summed E-state index contributed by atoms with van der Waals surface area (Å²) in [4.78, 5) is 5.64. The van der Waals surface area contributed by atoms with Crippen LogP contribution < -0.4 is 11.1 Å². The van der Waals surface area contributed by atoms with E-state index in [2.05, 4.69) is 37.7 Å². The number of halogens is 2. The second kappa shape index (κ2) is 7.25. The van der Waals surface area contributed by atoms with Crippen LogP contribution in [0.25, 0.3) is 11.1 Å². The van der Waals surface area contributed by atoms with Crippen molar-refractivity contribution in [3.63, 3.8) is 0 Å². The number of hydrogen-bond acceptors (Lipinski definition) is 6. The zero-order valence-electron chi connectivity index (χ0n) is 13.3. The average molecular weight is 443 g/mol. The normalized spacial score (nSPS) is 16.1. The molecule has 0 aromatic carbocycles. The van der Waals surface area contributed by atoms with Gasteiger partial charge in [0.05, 0.1) is 23.4 Å². The fourth-order valence-corrected chi connectivity index (χ4v) is 4.14. The van der Waals surface area contributed by atoms with Crippen molar-refractivity contribution in [1.82, 2.24) is 4.98 Å². The number of anilines is 1. The summed E-state index contributed by atoms with van der Waals surface area (Å²) in [5.41, 5.74) is 8.51. The Morgan fingerprint density at radius 1 is 1.48 bits per heavy atom. The summed E-state index contributed by atoms with van der Waals surface area (Å²) in [5.74, 6) is 1.18. The van der Waals surface area contributed by atoms with Crippen molar-refractivity contribution in [3.05, 3.63) is 43.8 Å². The number of pyridine rings is 1. The molecule has 3 N–H and O–H groups in total. The Morgan fingerprint density at radius 2 is 2.32 bits per heavy atom. The lowest BCUT2D eigenvalue weighted by Crippen LogP contribution is -2.44. The van der Waals surface area contributed by atoms with E-state index in [0.717, 1.165) is 29.1 Å². The molecule has 0 amide bonds. The van der Waals surface area contributed by atoms with E-state index < -0.39 is 0 Å². The van der Waals surface area contributed by atoms with Crippen LogP contribution in [-0.4, -0.2) is 24.2 Å². The van der Waals surface area contributed by atoms with E-state index in [1.54, 1.807) is 17.4 Å². The molecule has 1 saturated heterocycles. The van der Waals surface area contributed by atoms with E-state index in [4.69, 9.17) is 26.5 Å². The molecule has 132 valence electrons. The zero-order valence-corrected chi connectivity index (χ0v) is 16.5. The van der Waals surface area contributed by atoms with Crippen molar-refractivity contribution < 1.29 is 9.15 Å². The number of aromatic nitrogens is 1. The molecule has 1 atom stereocenters. The smallest absolute Gasteiger partial charge is 0.177 e. The Labute approximate surface area is 162 Å². The predicted molar refractivity (Wildman–Crippen MR) is 104 cm³/mol. The SMILES string of the molecule is N[C@H](Cc1oc2c(NCc3cccs3)cc(Cl)nc2c1Br)C1COC1. The lowest BCUT2D eigenvalue weighted by atomic mass is 9.95. The largest absolute Gasteiger partial charge is 0.456 e. The van der Waals surface area contributed by atoms with Gasteiger partial charge in [0.25, 0.3) is 0 Å². The molecule has 0 radical (unpaired) electrons. The summed E-state index contributed by atoms with van der Waals surface area (Å²) in [6.45, 7) is 2.15. The molecule has 1 aliphatic heterocycles. The van der Waals surface area contributed by atoms with E-state index in [9.17, 15) is 0 Å². The van der Waals surface area contributed by atoms with Crippen LogP contribution in [0.4, 0.5) is 5.69 Å². The lowest BCUT2D eigenvalue weighted by molar-refractivity contribution is -0.0439. The Hall–Kier alpha value is -1.12. The molecule has 0 bridgehead atoms. The third-order valence-corrected chi connectivity index (χ3v) is 6.23. The number of nitrogens with two attached hydrogens (primary N) is 1. The van der Waals surface area contributed by atoms with Crippen LogP contribution in [0.15, 0.2) is 32.5 Å². The highest BCUT2D eigenvalue weighted by atomic mass is 79.9. The summed E-state index contributed by atoms with van der Waals surface area (Å²) < 4.78 is 12.1. The number of rotatable bonds is 6. The number of hydrogen-bond donors (Lipinski definition) is 2. The maximum absolute atomic E-state index is 6.27. The van der Waals surface area contributed by atoms with Gasteiger partial charge in [0.2, 0.25) is 0 Å². The molecular weight excluding hydrogens is 426 g/mol. The van der Waals surface area contributed by atoms with Crippen molar-refractivity contribution in [2.24, 2.45) is 11.7 Å². The Bertz CT molecular complexity index is 880. The number of nitrogens with one attached hydrogen (secondary N) is 1. The van der Waals surface area contributed by atoms with E-state index >= 15 is 0 Å². The van der Waals surface area contributed by atoms with Crippen LogP contribution in [0, 0.1) is 5.92 Å². The van der Waals surface area contributed by atoms with Gasteiger partial charge in [-0.1, -0.05) is 17.7 Å². The van der Waals surface area contributed by atoms with E-state index in [0.29, 0.717) is 35.1 Å². The third kappa shape index (κ3) is 3.57. The van der Waals surface area contributed by atoms with Gasteiger partial charge in [0.1, 0.15) is 16.4 Å². The molecular formula is C17H17BrClN3O2S. The number of furan rings is 1. The number of nitrogens with zero attached hydrogens (tertiary/aromatic N) is 1. The predicted octanol–water partition coefficient (Wildman–Crippen LogP) is 4.43. The Kier molecular flexibility index (Phi) is 5.01. The summed E-state index contributed by atoms with van der Waals surface area (Å²) in [6.07, 6.45) is 0.632. The number of fused-ring (bicyclic) bond motifs is 1. The van der Waals surface area contributed by atoms with E-state index in [1.807, 2.05) is 6.07 Å². The van der Waals surface area contributed by atoms with Gasteiger partial charge in [-0.05, 0) is 27.4 Å². The van der Waals surface area contributed by atoms with Crippen molar-refractivity contribution in [2.45, 2.75) is 19.0 Å². The fraction of sp³-hybridized carbons (Fsp3) is 0.353. The van der Waals surface area contributed by atoms with Crippen LogP contribution in [-0.2, 0) is 17.7 Å². The van der Waals surface area contributed by atoms with Gasteiger partial charge in [0, 0.05) is 35.9 Å². The Morgan fingerprint density at radius 3 is 3.00 bits per heavy atom. The minimum atomic E-state index is 0.00334. The highest BCUT2D eigenvalue weighted by Crippen LogP contribution is 2.36. The second-order valence-corrected chi connectivity index (χ2v) is 8.32. The van der Waals surface area contributed by atoms with Crippen LogP contribution >= 0.6 is 38.9 Å². The van der Waals surface area contributed by atoms with Crippen molar-refractivity contribution in [2.75, 3.05) is 18.5 Å². The molecule has 0 unspecified atom stereocenters. The topological polar surface area (TPSA) is 73.3 Å². The molecule has 0 aliphatic carbocycles. The summed E-state index contributed by atoms with van der Waals surface area (Å²) in [7, 11) is 0. The first kappa shape index (κ1) is 17.3. The molecule has 3 aromatic rings. The van der Waals surface area contributed by atoms with Crippen LogP contribution in [0.5, 0.6) is 0 Å². The van der Waals surface area contributed by atoms with Gasteiger partial charge in [-0.15, -0.1) is 11.3 Å². The molecule has 25 heavy (non-hydrogen) atoms. The second-order valence-electron chi connectivity index (χ2n) is 6.11. The third-order valence-electron chi connectivity index (χ3n) is 4.34. The first-order valence-electron chi connectivity index (χ1n) is 7.99. The number of ether oxygens (including phenoxy) is 1. The Balaban J connectivity index is 1.62. The van der Waals surface area contributed by atoms with Gasteiger partial charge >= 0.3 is 0 Å². The first-order valence-corrected chi connectivity index (χ1v) is 10.0. The molecule has 3 aromatic heterocycles. The molecule has 8 heteroatoms. The lowest BCUT2D eigenvalue weighted by Gasteiger charge is -2.30. The highest BCUT2D eigenvalue weighted by Gasteiger charge is 2.28. The van der Waals surface area contributed by atoms with Crippen molar-refractivity contribution in [1.29, 1.82) is 0 Å². The van der Waals surface area contributed by atoms with Crippen LogP contribution in [0.1, 0.15) is 10.6 Å². The minimum Gasteiger partial charge on any atom is -0.456 e. The van der Waals surface area contributed by atoms with E-state index in [-0.39, 0.29) is 6.04 Å². The van der Waals surface area contributed by atoms with Gasteiger partial charge in [-0.25, -0.2) is 4.98 Å². The molecule has 5 nitrogen and oxygen atoms in total. The van der Waals surface area contributed by atoms with Gasteiger partial charge in [-0.3, -0.25) is 0 Å². The van der Waals surface area contributed by atoms with Crippen LogP contribution in [0.2, 0.25) is 5.15 Å². The fourth-order valence-electron chi connectivity index (χ4n) is 2.79. The molecule has 1 fully saturated rings. The zero-order chi connectivity index (χ0) is 17.4. The summed E-state index contributed by atoms with van der Waals surface area (Å²) >= 11 is 11.5. The van der Waals surface area contributed by atoms with Gasteiger partial charge in [-0.2, -0.15) is 0 Å². The minimum absolute atomic E-state index is 0.00334. The van der Waals surface area contributed by atoms with Crippen molar-refractivity contribution in [3.8, 4) is 0 Å². The maximum atomic E-state index is 6.27. The number of thiophene rings is 1. The quantitative estimate of drug-likeness (QED) is 0.552. The molecule has 1 aliphatic rings. The monoisotopic (exact) mass is 441 g/mol. The standard InChI is InChI=1S/C17H17BrClN3O2S/c18-15-13(4-11(20)9-7-23-8-9)24-17-12(5-14(19)22-16(15)17)21-6-10-2-1-3-25-10/h1-3,5,9,11H,4,6-8,20H2,(H,21,22)/t11-/m1/s1. The molecule has 0 spiro atoms. The summed E-state index contributed by atoms with van der Waals surface area (Å²) in [6, 6.07) is 5.91. The van der Waals surface area contributed by atoms with Gasteiger partial charge in [0.15, 0.2) is 5.58 Å². The molecule has 0 saturated carbocycles. The van der Waals surface area contributed by atoms with E-state index in [1.165, 1.54) is 4.88 Å². The van der Waals surface area contributed by atoms with Gasteiger partial charge < -0.3 is 20.2 Å².